The average molecular weight is 268 g/mol. The van der Waals surface area contributed by atoms with Gasteiger partial charge in [-0.25, -0.2) is 0 Å². The molecule has 1 unspecified atom stereocenters. The van der Waals surface area contributed by atoms with Gasteiger partial charge in [0.15, 0.2) is 0 Å². The standard InChI is InChI=1S/C13H25BN2O3/c1-11(2,17)9-16-8-10(7-15)14-18-12(3,4)13(5,6)19-14/h7-8,10,15,17H,9H2,1-6H3. The Morgan fingerprint density at radius 3 is 2.11 bits per heavy atom. The van der Waals surface area contributed by atoms with E-state index < -0.39 is 23.9 Å². The number of hydrogen-bond donors (Lipinski definition) is 2. The van der Waals surface area contributed by atoms with E-state index in [1.165, 1.54) is 6.21 Å². The third kappa shape index (κ3) is 4.13. The molecule has 1 atom stereocenters. The molecule has 1 rings (SSSR count). The first kappa shape index (κ1) is 16.3. The van der Waals surface area contributed by atoms with Crippen molar-refractivity contribution in [3.63, 3.8) is 0 Å². The first-order valence-corrected chi connectivity index (χ1v) is 6.57. The lowest BCUT2D eigenvalue weighted by Gasteiger charge is -2.32. The van der Waals surface area contributed by atoms with Crippen LogP contribution in [0.5, 0.6) is 0 Å². The van der Waals surface area contributed by atoms with Gasteiger partial charge in [-0.1, -0.05) is 0 Å². The lowest BCUT2D eigenvalue weighted by atomic mass is 9.73. The van der Waals surface area contributed by atoms with Gasteiger partial charge < -0.3 is 19.8 Å². The average Bonchev–Trinajstić information content (AvgIpc) is 2.41. The number of nitrogens with zero attached hydrogens (tertiary/aromatic N) is 1. The van der Waals surface area contributed by atoms with Crippen LogP contribution in [0.1, 0.15) is 41.5 Å². The largest absolute Gasteiger partial charge is 0.472 e. The van der Waals surface area contributed by atoms with Crippen molar-refractivity contribution < 1.29 is 14.4 Å². The molecule has 1 fully saturated rings. The normalized spacial score (nSPS) is 23.8. The summed E-state index contributed by atoms with van der Waals surface area (Å²) in [6.07, 6.45) is 2.88. The molecule has 0 bridgehead atoms. The second-order valence-corrected chi connectivity index (χ2v) is 6.67. The lowest BCUT2D eigenvalue weighted by molar-refractivity contribution is 0.00578. The molecule has 0 amide bonds. The predicted molar refractivity (Wildman–Crippen MR) is 78.3 cm³/mol. The summed E-state index contributed by atoms with van der Waals surface area (Å²) in [5, 5.41) is 17.1. The smallest absolute Gasteiger partial charge is 0.403 e. The SMILES string of the molecule is CC(C)(O)CN=CC(C=N)B1OC(C)(C)C(C)(C)O1. The van der Waals surface area contributed by atoms with Crippen molar-refractivity contribution in [2.45, 2.75) is 64.2 Å². The van der Waals surface area contributed by atoms with Gasteiger partial charge in [0, 0.05) is 12.4 Å². The Kier molecular flexibility index (Phi) is 4.60. The van der Waals surface area contributed by atoms with E-state index in [2.05, 4.69) is 4.99 Å². The summed E-state index contributed by atoms with van der Waals surface area (Å²) < 4.78 is 11.7. The van der Waals surface area contributed by atoms with Gasteiger partial charge in [-0.05, 0) is 41.5 Å². The minimum Gasteiger partial charge on any atom is -0.403 e. The fourth-order valence-electron chi connectivity index (χ4n) is 1.64. The molecular weight excluding hydrogens is 243 g/mol. The second-order valence-electron chi connectivity index (χ2n) is 6.67. The molecule has 1 heterocycles. The van der Waals surface area contributed by atoms with E-state index in [0.717, 1.165) is 0 Å². The van der Waals surface area contributed by atoms with Crippen molar-refractivity contribution in [2.24, 2.45) is 4.99 Å². The molecule has 108 valence electrons. The first-order valence-electron chi connectivity index (χ1n) is 6.57. The Hall–Kier alpha value is -0.715. The zero-order valence-corrected chi connectivity index (χ0v) is 12.7. The maximum absolute atomic E-state index is 9.60. The quantitative estimate of drug-likeness (QED) is 0.591. The highest BCUT2D eigenvalue weighted by Gasteiger charge is 2.53. The molecule has 0 saturated carbocycles. The number of hydrogen-bond acceptors (Lipinski definition) is 5. The van der Waals surface area contributed by atoms with Gasteiger partial charge >= 0.3 is 7.12 Å². The molecule has 0 aromatic heterocycles. The molecule has 1 saturated heterocycles. The van der Waals surface area contributed by atoms with Crippen molar-refractivity contribution in [3.05, 3.63) is 0 Å². The summed E-state index contributed by atoms with van der Waals surface area (Å²) in [6, 6.07) is 0. The van der Waals surface area contributed by atoms with Gasteiger partial charge in [0.2, 0.25) is 0 Å². The van der Waals surface area contributed by atoms with E-state index >= 15 is 0 Å². The van der Waals surface area contributed by atoms with Gasteiger partial charge in [0.25, 0.3) is 0 Å². The van der Waals surface area contributed by atoms with Crippen LogP contribution in [0, 0.1) is 5.41 Å². The predicted octanol–water partition coefficient (Wildman–Crippen LogP) is 1.94. The van der Waals surface area contributed by atoms with Crippen LogP contribution in [-0.4, -0.2) is 48.0 Å². The Bertz CT molecular complexity index is 345. The van der Waals surface area contributed by atoms with Crippen LogP contribution in [0.4, 0.5) is 0 Å². The van der Waals surface area contributed by atoms with Crippen molar-refractivity contribution in [2.75, 3.05) is 6.54 Å². The van der Waals surface area contributed by atoms with Gasteiger partial charge in [-0.15, -0.1) is 0 Å². The molecule has 1 aliphatic heterocycles. The van der Waals surface area contributed by atoms with Crippen LogP contribution in [-0.2, 0) is 9.31 Å². The maximum Gasteiger partial charge on any atom is 0.472 e. The molecule has 0 aliphatic carbocycles. The van der Waals surface area contributed by atoms with Crippen LogP contribution in [0.15, 0.2) is 4.99 Å². The Balaban J connectivity index is 2.71. The monoisotopic (exact) mass is 268 g/mol. The maximum atomic E-state index is 9.60. The van der Waals surface area contributed by atoms with E-state index in [1.54, 1.807) is 20.1 Å². The number of rotatable bonds is 5. The molecule has 0 aromatic carbocycles. The number of aliphatic imine (C=N–C) groups is 1. The van der Waals surface area contributed by atoms with Crippen LogP contribution in [0.3, 0.4) is 0 Å². The molecular formula is C13H25BN2O3. The van der Waals surface area contributed by atoms with E-state index in [9.17, 15) is 5.11 Å². The minimum atomic E-state index is -0.848. The molecule has 0 aromatic rings. The minimum absolute atomic E-state index is 0.289. The Labute approximate surface area is 116 Å². The fourth-order valence-corrected chi connectivity index (χ4v) is 1.64. The van der Waals surface area contributed by atoms with E-state index in [4.69, 9.17) is 14.7 Å². The lowest BCUT2D eigenvalue weighted by Crippen LogP contribution is -2.41. The van der Waals surface area contributed by atoms with E-state index in [-0.39, 0.29) is 12.4 Å². The Morgan fingerprint density at radius 1 is 1.26 bits per heavy atom. The van der Waals surface area contributed by atoms with Crippen molar-refractivity contribution in [1.29, 1.82) is 5.41 Å². The summed E-state index contributed by atoms with van der Waals surface area (Å²) in [6.45, 7) is 11.6. The zero-order valence-electron chi connectivity index (χ0n) is 12.7. The summed E-state index contributed by atoms with van der Waals surface area (Å²) in [7, 11) is -0.506. The summed E-state index contributed by atoms with van der Waals surface area (Å²) in [5.41, 5.74) is -1.68. The number of nitrogens with one attached hydrogen (secondary N) is 1. The van der Waals surface area contributed by atoms with Crippen molar-refractivity contribution in [1.82, 2.24) is 0 Å². The molecule has 2 N–H and O–H groups in total. The molecule has 0 spiro atoms. The van der Waals surface area contributed by atoms with E-state index in [1.807, 2.05) is 27.7 Å². The van der Waals surface area contributed by atoms with Crippen molar-refractivity contribution in [3.8, 4) is 0 Å². The summed E-state index contributed by atoms with van der Waals surface area (Å²) in [4.78, 5) is 4.17. The summed E-state index contributed by atoms with van der Waals surface area (Å²) >= 11 is 0. The van der Waals surface area contributed by atoms with Crippen LogP contribution >= 0.6 is 0 Å². The number of aliphatic hydroxyl groups is 1. The van der Waals surface area contributed by atoms with Gasteiger partial charge in [-0.2, -0.15) is 0 Å². The van der Waals surface area contributed by atoms with Crippen LogP contribution in [0.25, 0.3) is 0 Å². The van der Waals surface area contributed by atoms with Gasteiger partial charge in [-0.3, -0.25) is 4.99 Å². The first-order chi connectivity index (χ1) is 8.48. The zero-order chi connectivity index (χ0) is 14.9. The van der Waals surface area contributed by atoms with Crippen LogP contribution < -0.4 is 0 Å². The van der Waals surface area contributed by atoms with E-state index in [0.29, 0.717) is 0 Å². The molecule has 5 nitrogen and oxygen atoms in total. The van der Waals surface area contributed by atoms with Gasteiger partial charge in [0.05, 0.1) is 29.2 Å². The fraction of sp³-hybridized carbons (Fsp3) is 0.846. The third-order valence-corrected chi connectivity index (χ3v) is 3.53. The van der Waals surface area contributed by atoms with Gasteiger partial charge in [0.1, 0.15) is 0 Å². The third-order valence-electron chi connectivity index (χ3n) is 3.53. The Morgan fingerprint density at radius 2 is 1.74 bits per heavy atom. The van der Waals surface area contributed by atoms with Crippen molar-refractivity contribution >= 4 is 19.5 Å². The molecule has 19 heavy (non-hydrogen) atoms. The highest BCUT2D eigenvalue weighted by atomic mass is 16.7. The molecule has 0 radical (unpaired) electrons. The second kappa shape index (κ2) is 5.35. The van der Waals surface area contributed by atoms with Crippen LogP contribution in [0.2, 0.25) is 5.82 Å². The molecule has 1 aliphatic rings. The highest BCUT2D eigenvalue weighted by Crippen LogP contribution is 2.39. The topological polar surface area (TPSA) is 74.9 Å². The molecule has 6 heteroatoms. The summed E-state index contributed by atoms with van der Waals surface area (Å²) in [5.74, 6) is -0.344. The highest BCUT2D eigenvalue weighted by molar-refractivity contribution is 6.56.